The van der Waals surface area contributed by atoms with Gasteiger partial charge in [0.05, 0.1) is 22.2 Å². The predicted molar refractivity (Wildman–Crippen MR) is 134 cm³/mol. The lowest BCUT2D eigenvalue weighted by Gasteiger charge is -2.29. The Labute approximate surface area is 213 Å². The van der Waals surface area contributed by atoms with Gasteiger partial charge >= 0.3 is 0 Å². The molecule has 190 valence electrons. The lowest BCUT2D eigenvalue weighted by atomic mass is 10.0. The quantitative estimate of drug-likeness (QED) is 0.498. The molecule has 2 aliphatic rings. The van der Waals surface area contributed by atoms with Crippen LogP contribution in [0.5, 0.6) is 0 Å². The Morgan fingerprint density at radius 1 is 1.19 bits per heavy atom. The van der Waals surface area contributed by atoms with E-state index in [9.17, 15) is 17.6 Å². The van der Waals surface area contributed by atoms with Crippen LogP contribution in [-0.2, 0) is 9.84 Å². The second-order valence-electron chi connectivity index (χ2n) is 9.44. The summed E-state index contributed by atoms with van der Waals surface area (Å²) in [6.07, 6.45) is 2.01. The van der Waals surface area contributed by atoms with E-state index in [0.29, 0.717) is 42.0 Å². The van der Waals surface area contributed by atoms with Crippen molar-refractivity contribution in [2.24, 2.45) is 0 Å². The summed E-state index contributed by atoms with van der Waals surface area (Å²) in [5.41, 5.74) is 2.21. The Balaban J connectivity index is 1.42. The van der Waals surface area contributed by atoms with Crippen molar-refractivity contribution in [2.75, 3.05) is 31.1 Å². The van der Waals surface area contributed by atoms with E-state index in [-0.39, 0.29) is 34.4 Å². The molecule has 0 radical (unpaired) electrons. The maximum Gasteiger partial charge on any atom is 0.251 e. The normalized spacial score (nSPS) is 18.6. The van der Waals surface area contributed by atoms with Gasteiger partial charge in [-0.05, 0) is 72.2 Å². The first-order valence-electron chi connectivity index (χ1n) is 11.8. The third kappa shape index (κ3) is 5.58. The van der Waals surface area contributed by atoms with E-state index in [1.807, 2.05) is 17.9 Å². The van der Waals surface area contributed by atoms with Crippen LogP contribution in [0.25, 0.3) is 16.8 Å². The van der Waals surface area contributed by atoms with Crippen LogP contribution in [0.4, 0.5) is 4.39 Å². The average Bonchev–Trinajstić information content (AvgIpc) is 3.56. The molecule has 9 nitrogen and oxygen atoms in total. The Bertz CT molecular complexity index is 1390. The molecule has 2 aromatic carbocycles. The van der Waals surface area contributed by atoms with Crippen LogP contribution < -0.4 is 5.32 Å². The van der Waals surface area contributed by atoms with E-state index in [0.717, 1.165) is 18.7 Å². The number of carbonyl (C=O) groups excluding carboxylic acids is 1. The topological polar surface area (TPSA) is 110 Å². The monoisotopic (exact) mass is 532 g/mol. The van der Waals surface area contributed by atoms with Crippen molar-refractivity contribution in [3.8, 4) is 16.8 Å². The van der Waals surface area contributed by atoms with Crippen LogP contribution in [0, 0.1) is 5.82 Å². The molecule has 5 rings (SSSR count). The lowest BCUT2D eigenvalue weighted by Crippen LogP contribution is -2.47. The standard InChI is InChI=1S/C24H26ClFN6O3S/c1-15(14-31-6-8-36(34,35)9-7-31)27-24(33)18-10-17(21-5-4-19(26)13-22(21)25)11-20(12-18)32-23(16-2-3-16)28-29-30-32/h4-5,10-13,15-16H,2-3,6-9,14H2,1H3,(H,27,33)/t15-/m1/s1. The molecular weight excluding hydrogens is 507 g/mol. The van der Waals surface area contributed by atoms with Gasteiger partial charge in [0.25, 0.3) is 5.91 Å². The molecule has 12 heteroatoms. The van der Waals surface area contributed by atoms with E-state index in [1.54, 1.807) is 22.9 Å². The van der Waals surface area contributed by atoms with Gasteiger partial charge in [-0.1, -0.05) is 11.6 Å². The van der Waals surface area contributed by atoms with Crippen molar-refractivity contribution in [3.63, 3.8) is 0 Å². The number of benzene rings is 2. The molecule has 1 aliphatic carbocycles. The summed E-state index contributed by atoms with van der Waals surface area (Å²) in [6.45, 7) is 3.33. The molecule has 1 aliphatic heterocycles. The minimum absolute atomic E-state index is 0.132. The number of halogens is 2. The fraction of sp³-hybridized carbons (Fsp3) is 0.417. The third-order valence-corrected chi connectivity index (χ3v) is 8.37. The van der Waals surface area contributed by atoms with Gasteiger partial charge in [0, 0.05) is 42.7 Å². The molecular formula is C24H26ClFN6O3S. The van der Waals surface area contributed by atoms with Crippen LogP contribution in [-0.4, -0.2) is 76.6 Å². The molecule has 1 saturated heterocycles. The van der Waals surface area contributed by atoms with Gasteiger partial charge in [0.1, 0.15) is 5.82 Å². The van der Waals surface area contributed by atoms with Gasteiger partial charge in [-0.3, -0.25) is 9.69 Å². The van der Waals surface area contributed by atoms with E-state index in [1.165, 1.54) is 12.1 Å². The van der Waals surface area contributed by atoms with Crippen LogP contribution in [0.2, 0.25) is 5.02 Å². The maximum absolute atomic E-state index is 13.7. The zero-order chi connectivity index (χ0) is 25.4. The number of amides is 1. The Kier molecular flexibility index (Phi) is 6.80. The molecule has 1 atom stereocenters. The Morgan fingerprint density at radius 3 is 2.64 bits per heavy atom. The summed E-state index contributed by atoms with van der Waals surface area (Å²) in [5.74, 6) is 0.531. The highest BCUT2D eigenvalue weighted by molar-refractivity contribution is 7.91. The van der Waals surface area contributed by atoms with Gasteiger partial charge in [0.15, 0.2) is 15.7 Å². The SMILES string of the molecule is C[C@H](CN1CCS(=O)(=O)CC1)NC(=O)c1cc(-c2ccc(F)cc2Cl)cc(-n2nnnc2C2CC2)c1. The first kappa shape index (κ1) is 24.8. The summed E-state index contributed by atoms with van der Waals surface area (Å²) >= 11 is 6.34. The first-order chi connectivity index (χ1) is 17.2. The molecule has 1 amide bonds. The molecule has 0 spiro atoms. The van der Waals surface area contributed by atoms with Crippen molar-refractivity contribution >= 4 is 27.3 Å². The van der Waals surface area contributed by atoms with Crippen molar-refractivity contribution in [3.05, 3.63) is 58.6 Å². The summed E-state index contributed by atoms with van der Waals surface area (Å²) in [6, 6.07) is 9.17. The van der Waals surface area contributed by atoms with Crippen molar-refractivity contribution in [1.82, 2.24) is 30.4 Å². The first-order valence-corrected chi connectivity index (χ1v) is 14.0. The molecule has 2 heterocycles. The maximum atomic E-state index is 13.7. The predicted octanol–water partition coefficient (Wildman–Crippen LogP) is 2.85. The molecule has 1 N–H and O–H groups in total. The molecule has 2 fully saturated rings. The van der Waals surface area contributed by atoms with Crippen LogP contribution in [0.1, 0.15) is 41.9 Å². The smallest absolute Gasteiger partial charge is 0.251 e. The van der Waals surface area contributed by atoms with Crippen molar-refractivity contribution < 1.29 is 17.6 Å². The number of sulfone groups is 1. The number of carbonyl (C=O) groups is 1. The number of rotatable bonds is 7. The largest absolute Gasteiger partial charge is 0.348 e. The van der Waals surface area contributed by atoms with E-state index in [2.05, 4.69) is 20.8 Å². The number of nitrogens with one attached hydrogen (secondary N) is 1. The fourth-order valence-electron chi connectivity index (χ4n) is 4.39. The van der Waals surface area contributed by atoms with Crippen LogP contribution in [0.3, 0.4) is 0 Å². The van der Waals surface area contributed by atoms with Crippen LogP contribution in [0.15, 0.2) is 36.4 Å². The summed E-state index contributed by atoms with van der Waals surface area (Å²) in [7, 11) is -2.97. The van der Waals surface area contributed by atoms with E-state index >= 15 is 0 Å². The molecule has 3 aromatic rings. The summed E-state index contributed by atoms with van der Waals surface area (Å²) < 4.78 is 38.7. The number of hydrogen-bond acceptors (Lipinski definition) is 7. The molecule has 36 heavy (non-hydrogen) atoms. The minimum atomic E-state index is -2.97. The molecule has 0 bridgehead atoms. The Hall–Kier alpha value is -2.89. The molecule has 0 unspecified atom stereocenters. The van der Waals surface area contributed by atoms with Gasteiger partial charge in [-0.25, -0.2) is 12.8 Å². The fourth-order valence-corrected chi connectivity index (χ4v) is 5.94. The van der Waals surface area contributed by atoms with E-state index in [4.69, 9.17) is 11.6 Å². The Morgan fingerprint density at radius 2 is 1.94 bits per heavy atom. The third-order valence-electron chi connectivity index (χ3n) is 6.45. The zero-order valence-electron chi connectivity index (χ0n) is 19.7. The second kappa shape index (κ2) is 9.87. The number of nitrogens with zero attached hydrogens (tertiary/aromatic N) is 5. The van der Waals surface area contributed by atoms with Crippen molar-refractivity contribution in [2.45, 2.75) is 31.7 Å². The minimum Gasteiger partial charge on any atom is -0.348 e. The number of hydrogen-bond donors (Lipinski definition) is 1. The zero-order valence-corrected chi connectivity index (χ0v) is 21.3. The molecule has 1 aromatic heterocycles. The lowest BCUT2D eigenvalue weighted by molar-refractivity contribution is 0.0930. The second-order valence-corrected chi connectivity index (χ2v) is 12.2. The number of aromatic nitrogens is 4. The molecule has 1 saturated carbocycles. The summed E-state index contributed by atoms with van der Waals surface area (Å²) in [4.78, 5) is 15.3. The van der Waals surface area contributed by atoms with Crippen molar-refractivity contribution in [1.29, 1.82) is 0 Å². The highest BCUT2D eigenvalue weighted by atomic mass is 35.5. The van der Waals surface area contributed by atoms with Gasteiger partial charge < -0.3 is 5.32 Å². The highest BCUT2D eigenvalue weighted by Gasteiger charge is 2.30. The van der Waals surface area contributed by atoms with Gasteiger partial charge in [-0.15, -0.1) is 5.10 Å². The van der Waals surface area contributed by atoms with E-state index < -0.39 is 15.7 Å². The average molecular weight is 533 g/mol. The highest BCUT2D eigenvalue weighted by Crippen LogP contribution is 2.39. The van der Waals surface area contributed by atoms with Gasteiger partial charge in [-0.2, -0.15) is 4.68 Å². The van der Waals surface area contributed by atoms with Crippen LogP contribution >= 0.6 is 11.6 Å². The summed E-state index contributed by atoms with van der Waals surface area (Å²) in [5, 5.41) is 15.4. The number of tetrazole rings is 1. The van der Waals surface area contributed by atoms with Gasteiger partial charge in [0.2, 0.25) is 0 Å².